The van der Waals surface area contributed by atoms with Crippen LogP contribution in [0.15, 0.2) is 0 Å². The van der Waals surface area contributed by atoms with Crippen molar-refractivity contribution in [3.05, 3.63) is 0 Å². The molecule has 2 heteroatoms. The molecule has 0 aromatic heterocycles. The highest BCUT2D eigenvalue weighted by Crippen LogP contribution is 2.33. The van der Waals surface area contributed by atoms with Crippen LogP contribution in [-0.2, 0) is 0 Å². The quantitative estimate of drug-likeness (QED) is 0.684. The molecule has 2 unspecified atom stereocenters. The Morgan fingerprint density at radius 1 is 1.00 bits per heavy atom. The third-order valence-electron chi connectivity index (χ3n) is 5.03. The first-order chi connectivity index (χ1) is 7.34. The maximum absolute atomic E-state index is 2.77. The molecule has 3 rings (SSSR count). The van der Waals surface area contributed by atoms with Crippen LogP contribution in [0, 0.1) is 5.92 Å². The average Bonchev–Trinajstić information content (AvgIpc) is 2.61. The molecule has 15 heavy (non-hydrogen) atoms. The lowest BCUT2D eigenvalue weighted by Gasteiger charge is -2.45. The molecule has 2 heterocycles. The zero-order chi connectivity index (χ0) is 10.3. The molecule has 2 nitrogen and oxygen atoms in total. The molecule has 1 aliphatic carbocycles. The predicted octanol–water partition coefficient (Wildman–Crippen LogP) is 1.96. The lowest BCUT2D eigenvalue weighted by Crippen LogP contribution is -2.54. The smallest absolute Gasteiger partial charge is 0.0224 e. The predicted molar refractivity (Wildman–Crippen MR) is 63.0 cm³/mol. The Morgan fingerprint density at radius 2 is 1.87 bits per heavy atom. The maximum Gasteiger partial charge on any atom is 0.0224 e. The van der Waals surface area contributed by atoms with Crippen molar-refractivity contribution in [3.8, 4) is 0 Å². The second-order valence-corrected chi connectivity index (χ2v) is 5.76. The van der Waals surface area contributed by atoms with Crippen molar-refractivity contribution in [1.82, 2.24) is 9.80 Å². The summed E-state index contributed by atoms with van der Waals surface area (Å²) in [7, 11) is 0. The number of nitrogens with zero attached hydrogens (tertiary/aromatic N) is 2. The van der Waals surface area contributed by atoms with E-state index >= 15 is 0 Å². The summed E-state index contributed by atoms with van der Waals surface area (Å²) >= 11 is 0. The van der Waals surface area contributed by atoms with Crippen LogP contribution in [0.1, 0.15) is 39.0 Å². The van der Waals surface area contributed by atoms with Gasteiger partial charge in [-0.1, -0.05) is 6.42 Å². The highest BCUT2D eigenvalue weighted by Gasteiger charge is 2.35. The van der Waals surface area contributed by atoms with Crippen LogP contribution in [0.25, 0.3) is 0 Å². The zero-order valence-electron chi connectivity index (χ0n) is 9.99. The summed E-state index contributed by atoms with van der Waals surface area (Å²) in [5.74, 6) is 1.03. The van der Waals surface area contributed by atoms with E-state index in [1.54, 1.807) is 0 Å². The summed E-state index contributed by atoms with van der Waals surface area (Å²) in [5, 5.41) is 0. The zero-order valence-corrected chi connectivity index (χ0v) is 9.99. The van der Waals surface area contributed by atoms with Gasteiger partial charge in [0.1, 0.15) is 0 Å². The highest BCUT2D eigenvalue weighted by molar-refractivity contribution is 4.91. The number of piperazine rings is 1. The van der Waals surface area contributed by atoms with Crippen LogP contribution in [0.5, 0.6) is 0 Å². The third kappa shape index (κ3) is 1.83. The standard InChI is InChI=1S/C13H24N2/c1-11(12-4-2-5-12)15-9-8-14-7-3-6-13(14)10-15/h11-13H,2-10H2,1H3. The van der Waals surface area contributed by atoms with Gasteiger partial charge in [-0.3, -0.25) is 9.80 Å². The van der Waals surface area contributed by atoms with E-state index in [1.807, 2.05) is 0 Å². The largest absolute Gasteiger partial charge is 0.298 e. The van der Waals surface area contributed by atoms with Crippen molar-refractivity contribution in [1.29, 1.82) is 0 Å². The molecule has 2 aliphatic heterocycles. The van der Waals surface area contributed by atoms with Gasteiger partial charge in [0.05, 0.1) is 0 Å². The fraction of sp³-hybridized carbons (Fsp3) is 1.00. The Kier molecular flexibility index (Phi) is 2.73. The lowest BCUT2D eigenvalue weighted by molar-refractivity contribution is 0.0373. The van der Waals surface area contributed by atoms with Gasteiger partial charge in [0.15, 0.2) is 0 Å². The third-order valence-corrected chi connectivity index (χ3v) is 5.03. The monoisotopic (exact) mass is 208 g/mol. The van der Waals surface area contributed by atoms with E-state index in [4.69, 9.17) is 0 Å². The molecule has 3 aliphatic rings. The first-order valence-electron chi connectivity index (χ1n) is 6.82. The van der Waals surface area contributed by atoms with Gasteiger partial charge in [-0.25, -0.2) is 0 Å². The second kappa shape index (κ2) is 4.06. The molecule has 3 fully saturated rings. The van der Waals surface area contributed by atoms with Gasteiger partial charge in [0.2, 0.25) is 0 Å². The molecule has 0 amide bonds. The van der Waals surface area contributed by atoms with Gasteiger partial charge in [-0.05, 0) is 45.1 Å². The molecule has 0 N–H and O–H groups in total. The van der Waals surface area contributed by atoms with Crippen LogP contribution in [0.3, 0.4) is 0 Å². The summed E-state index contributed by atoms with van der Waals surface area (Å²) in [4.78, 5) is 5.49. The average molecular weight is 208 g/mol. The van der Waals surface area contributed by atoms with Crippen molar-refractivity contribution in [2.75, 3.05) is 26.2 Å². The molecular weight excluding hydrogens is 184 g/mol. The Labute approximate surface area is 93.6 Å². The molecule has 2 atom stereocenters. The molecule has 0 bridgehead atoms. The Balaban J connectivity index is 1.58. The van der Waals surface area contributed by atoms with Crippen molar-refractivity contribution >= 4 is 0 Å². The fourth-order valence-corrected chi connectivity index (χ4v) is 3.61. The minimum absolute atomic E-state index is 0.862. The SMILES string of the molecule is CC(C1CCC1)N1CCN2CCCC2C1. The molecule has 2 saturated heterocycles. The molecule has 1 saturated carbocycles. The summed E-state index contributed by atoms with van der Waals surface area (Å²) in [6, 6.07) is 1.77. The minimum atomic E-state index is 0.862. The maximum atomic E-state index is 2.77. The van der Waals surface area contributed by atoms with Gasteiger partial charge in [0.25, 0.3) is 0 Å². The molecule has 0 aromatic rings. The normalized spacial score (nSPS) is 36.2. The first kappa shape index (κ1) is 10.1. The van der Waals surface area contributed by atoms with Crippen LogP contribution in [0.2, 0.25) is 0 Å². The Bertz CT molecular complexity index is 225. The number of fused-ring (bicyclic) bond motifs is 1. The molecule has 86 valence electrons. The van der Waals surface area contributed by atoms with Crippen LogP contribution in [0.4, 0.5) is 0 Å². The number of hydrogen-bond donors (Lipinski definition) is 0. The van der Waals surface area contributed by atoms with Gasteiger partial charge >= 0.3 is 0 Å². The van der Waals surface area contributed by atoms with E-state index in [0.717, 1.165) is 18.0 Å². The van der Waals surface area contributed by atoms with Gasteiger partial charge in [-0.2, -0.15) is 0 Å². The van der Waals surface area contributed by atoms with Crippen LogP contribution >= 0.6 is 0 Å². The van der Waals surface area contributed by atoms with Crippen LogP contribution in [-0.4, -0.2) is 48.1 Å². The van der Waals surface area contributed by atoms with Crippen molar-refractivity contribution < 1.29 is 0 Å². The van der Waals surface area contributed by atoms with Crippen LogP contribution < -0.4 is 0 Å². The van der Waals surface area contributed by atoms with Crippen molar-refractivity contribution in [2.24, 2.45) is 5.92 Å². The topological polar surface area (TPSA) is 6.48 Å². The summed E-state index contributed by atoms with van der Waals surface area (Å²) in [5.41, 5.74) is 0. The molecular formula is C13H24N2. The summed E-state index contributed by atoms with van der Waals surface area (Å²) in [6.45, 7) is 7.86. The van der Waals surface area contributed by atoms with E-state index in [2.05, 4.69) is 16.7 Å². The fourth-order valence-electron chi connectivity index (χ4n) is 3.61. The van der Waals surface area contributed by atoms with Crippen molar-refractivity contribution in [2.45, 2.75) is 51.1 Å². The van der Waals surface area contributed by atoms with Gasteiger partial charge < -0.3 is 0 Å². The van der Waals surface area contributed by atoms with E-state index in [0.29, 0.717) is 0 Å². The van der Waals surface area contributed by atoms with E-state index in [9.17, 15) is 0 Å². The molecule has 0 aromatic carbocycles. The van der Waals surface area contributed by atoms with Gasteiger partial charge in [-0.15, -0.1) is 0 Å². The van der Waals surface area contributed by atoms with Gasteiger partial charge in [0, 0.05) is 31.7 Å². The number of rotatable bonds is 2. The van der Waals surface area contributed by atoms with E-state index in [-0.39, 0.29) is 0 Å². The van der Waals surface area contributed by atoms with E-state index in [1.165, 1.54) is 58.3 Å². The Hall–Kier alpha value is -0.0800. The summed E-state index contributed by atoms with van der Waals surface area (Å²) < 4.78 is 0. The second-order valence-electron chi connectivity index (χ2n) is 5.76. The van der Waals surface area contributed by atoms with E-state index < -0.39 is 0 Å². The molecule has 0 radical (unpaired) electrons. The minimum Gasteiger partial charge on any atom is -0.298 e. The lowest BCUT2D eigenvalue weighted by atomic mass is 9.79. The summed E-state index contributed by atoms with van der Waals surface area (Å²) in [6.07, 6.45) is 7.36. The highest BCUT2D eigenvalue weighted by atomic mass is 15.3. The Morgan fingerprint density at radius 3 is 2.60 bits per heavy atom. The number of hydrogen-bond acceptors (Lipinski definition) is 2. The first-order valence-corrected chi connectivity index (χ1v) is 6.82. The molecule has 0 spiro atoms. The van der Waals surface area contributed by atoms with Crippen molar-refractivity contribution in [3.63, 3.8) is 0 Å².